The van der Waals surface area contributed by atoms with Crippen LogP contribution in [0.15, 0.2) is 12.1 Å². The number of ether oxygens (including phenoxy) is 1. The highest BCUT2D eigenvalue weighted by molar-refractivity contribution is 5.68. The average Bonchev–Trinajstić information content (AvgIpc) is 2.46. The van der Waals surface area contributed by atoms with Gasteiger partial charge in [-0.15, -0.1) is 0 Å². The van der Waals surface area contributed by atoms with Gasteiger partial charge < -0.3 is 15.4 Å². The summed E-state index contributed by atoms with van der Waals surface area (Å²) >= 11 is 0. The smallest absolute Gasteiger partial charge is 0.407 e. The van der Waals surface area contributed by atoms with Gasteiger partial charge in [-0.3, -0.25) is 0 Å². The predicted molar refractivity (Wildman–Crippen MR) is 90.5 cm³/mol. The predicted octanol–water partition coefficient (Wildman–Crippen LogP) is 4.15. The second-order valence-electron chi connectivity index (χ2n) is 6.60. The van der Waals surface area contributed by atoms with Crippen molar-refractivity contribution in [3.05, 3.63) is 28.8 Å². The largest absolute Gasteiger partial charge is 0.450 e. The lowest BCUT2D eigenvalue weighted by molar-refractivity contribution is 0.149. The third-order valence-electron chi connectivity index (χ3n) is 4.53. The minimum atomic E-state index is -0.358. The number of hydrogen-bond donors (Lipinski definition) is 2. The summed E-state index contributed by atoms with van der Waals surface area (Å²) in [5.41, 5.74) is 5.23. The molecule has 4 heteroatoms. The Bertz CT molecular complexity index is 552. The Balaban J connectivity index is 2.34. The van der Waals surface area contributed by atoms with Crippen LogP contribution >= 0.6 is 0 Å². The molecule has 4 nitrogen and oxygen atoms in total. The van der Waals surface area contributed by atoms with E-state index in [2.05, 4.69) is 43.5 Å². The molecule has 0 bridgehead atoms. The normalized spacial score (nSPS) is 17.1. The highest BCUT2D eigenvalue weighted by Gasteiger charge is 2.29. The maximum absolute atomic E-state index is 11.7. The van der Waals surface area contributed by atoms with Crippen LogP contribution in [0.3, 0.4) is 0 Å². The lowest BCUT2D eigenvalue weighted by Crippen LogP contribution is -2.31. The number of aryl methyl sites for hydroxylation is 1. The van der Waals surface area contributed by atoms with Crippen LogP contribution in [0.25, 0.3) is 0 Å². The van der Waals surface area contributed by atoms with Gasteiger partial charge in [0.15, 0.2) is 0 Å². The molecule has 2 rings (SSSR count). The van der Waals surface area contributed by atoms with Crippen molar-refractivity contribution in [2.75, 3.05) is 18.5 Å². The zero-order valence-corrected chi connectivity index (χ0v) is 14.4. The number of nitrogens with one attached hydrogen (secondary N) is 2. The Morgan fingerprint density at radius 1 is 1.41 bits per heavy atom. The molecule has 0 spiro atoms. The summed E-state index contributed by atoms with van der Waals surface area (Å²) in [4.78, 5) is 11.7. The van der Waals surface area contributed by atoms with E-state index in [-0.39, 0.29) is 17.6 Å². The van der Waals surface area contributed by atoms with Crippen molar-refractivity contribution in [3.8, 4) is 0 Å². The van der Waals surface area contributed by atoms with E-state index in [0.29, 0.717) is 6.61 Å². The number of amides is 1. The molecule has 1 amide bonds. The number of alkyl carbamates (subject to hydrolysis) is 1. The fourth-order valence-corrected chi connectivity index (χ4v) is 3.15. The van der Waals surface area contributed by atoms with Crippen molar-refractivity contribution in [2.24, 2.45) is 0 Å². The van der Waals surface area contributed by atoms with Crippen LogP contribution in [0.1, 0.15) is 63.8 Å². The van der Waals surface area contributed by atoms with E-state index in [9.17, 15) is 4.79 Å². The van der Waals surface area contributed by atoms with Gasteiger partial charge in [0.2, 0.25) is 0 Å². The molecule has 1 unspecified atom stereocenters. The highest BCUT2D eigenvalue weighted by Crippen LogP contribution is 2.39. The number of fused-ring (bicyclic) bond motifs is 1. The van der Waals surface area contributed by atoms with Gasteiger partial charge in [-0.25, -0.2) is 4.79 Å². The number of rotatable bonds is 4. The zero-order chi connectivity index (χ0) is 16.3. The quantitative estimate of drug-likeness (QED) is 0.878. The van der Waals surface area contributed by atoms with E-state index < -0.39 is 0 Å². The first kappa shape index (κ1) is 16.7. The van der Waals surface area contributed by atoms with Crippen LogP contribution in [-0.2, 0) is 16.6 Å². The third-order valence-corrected chi connectivity index (χ3v) is 4.53. The number of carbonyl (C=O) groups excluding carboxylic acids is 1. The van der Waals surface area contributed by atoms with E-state index in [4.69, 9.17) is 4.74 Å². The van der Waals surface area contributed by atoms with E-state index in [1.54, 1.807) is 0 Å². The van der Waals surface area contributed by atoms with E-state index in [1.807, 2.05) is 13.8 Å². The second-order valence-corrected chi connectivity index (χ2v) is 6.60. The molecule has 1 aliphatic heterocycles. The molecular formula is C18H28N2O2. The van der Waals surface area contributed by atoms with Crippen molar-refractivity contribution >= 4 is 11.8 Å². The third kappa shape index (κ3) is 3.37. The van der Waals surface area contributed by atoms with Crippen LogP contribution in [0, 0.1) is 0 Å². The van der Waals surface area contributed by atoms with E-state index >= 15 is 0 Å². The average molecular weight is 304 g/mol. The van der Waals surface area contributed by atoms with Gasteiger partial charge >= 0.3 is 6.09 Å². The highest BCUT2D eigenvalue weighted by atomic mass is 16.5. The molecule has 0 fully saturated rings. The minimum absolute atomic E-state index is 0.0638. The molecule has 0 aromatic heterocycles. The molecule has 122 valence electrons. The second kappa shape index (κ2) is 6.59. The van der Waals surface area contributed by atoms with Crippen molar-refractivity contribution < 1.29 is 9.53 Å². The molecule has 0 aliphatic carbocycles. The molecule has 22 heavy (non-hydrogen) atoms. The van der Waals surface area contributed by atoms with Crippen molar-refractivity contribution in [3.63, 3.8) is 0 Å². The van der Waals surface area contributed by atoms with Crippen LogP contribution < -0.4 is 10.6 Å². The van der Waals surface area contributed by atoms with Gasteiger partial charge in [0, 0.05) is 12.2 Å². The van der Waals surface area contributed by atoms with E-state index in [1.165, 1.54) is 22.4 Å². The van der Waals surface area contributed by atoms with Gasteiger partial charge in [0.1, 0.15) is 0 Å². The monoisotopic (exact) mass is 304 g/mol. The Labute approximate surface area is 133 Å². The van der Waals surface area contributed by atoms with Crippen molar-refractivity contribution in [1.29, 1.82) is 0 Å². The SMILES string of the molecule is CCOC(=O)NC(C)c1cc2c(cc1CC)C(C)(C)CCN2. The molecule has 1 atom stereocenters. The molecule has 2 N–H and O–H groups in total. The summed E-state index contributed by atoms with van der Waals surface area (Å²) in [6.07, 6.45) is 1.73. The standard InChI is InChI=1S/C18H28N2O2/c1-6-13-10-15-16(19-9-8-18(15,4)5)11-14(13)12(3)20-17(21)22-7-2/h10-12,19H,6-9H2,1-5H3,(H,20,21). The number of anilines is 1. The summed E-state index contributed by atoms with van der Waals surface area (Å²) < 4.78 is 4.99. The maximum Gasteiger partial charge on any atom is 0.407 e. The summed E-state index contributed by atoms with van der Waals surface area (Å²) in [6.45, 7) is 12.0. The van der Waals surface area contributed by atoms with Gasteiger partial charge in [-0.05, 0) is 54.9 Å². The van der Waals surface area contributed by atoms with Crippen molar-refractivity contribution in [1.82, 2.24) is 5.32 Å². The molecule has 0 saturated heterocycles. The van der Waals surface area contributed by atoms with Gasteiger partial charge in [-0.1, -0.05) is 26.8 Å². The molecule has 1 aromatic carbocycles. The maximum atomic E-state index is 11.7. The summed E-state index contributed by atoms with van der Waals surface area (Å²) in [7, 11) is 0. The topological polar surface area (TPSA) is 50.4 Å². The Morgan fingerprint density at radius 3 is 2.77 bits per heavy atom. The van der Waals surface area contributed by atoms with Gasteiger partial charge in [-0.2, -0.15) is 0 Å². The van der Waals surface area contributed by atoms with Gasteiger partial charge in [0.25, 0.3) is 0 Å². The molecule has 1 heterocycles. The number of hydrogen-bond acceptors (Lipinski definition) is 3. The Morgan fingerprint density at radius 2 is 2.14 bits per heavy atom. The van der Waals surface area contributed by atoms with Crippen LogP contribution in [0.2, 0.25) is 0 Å². The van der Waals surface area contributed by atoms with E-state index in [0.717, 1.165) is 19.4 Å². The lowest BCUT2D eigenvalue weighted by atomic mass is 9.76. The first-order valence-electron chi connectivity index (χ1n) is 8.23. The molecule has 0 radical (unpaired) electrons. The van der Waals surface area contributed by atoms with Crippen LogP contribution in [0.5, 0.6) is 0 Å². The van der Waals surface area contributed by atoms with Crippen molar-refractivity contribution in [2.45, 2.75) is 58.9 Å². The number of benzene rings is 1. The fraction of sp³-hybridized carbons (Fsp3) is 0.611. The van der Waals surface area contributed by atoms with Crippen LogP contribution in [-0.4, -0.2) is 19.2 Å². The Hall–Kier alpha value is -1.71. The number of carbonyl (C=O) groups is 1. The zero-order valence-electron chi connectivity index (χ0n) is 14.4. The molecule has 1 aromatic rings. The fourth-order valence-electron chi connectivity index (χ4n) is 3.15. The summed E-state index contributed by atoms with van der Waals surface area (Å²) in [5.74, 6) is 0. The van der Waals surface area contributed by atoms with Gasteiger partial charge in [0.05, 0.1) is 12.6 Å². The summed E-state index contributed by atoms with van der Waals surface area (Å²) in [6, 6.07) is 4.44. The Kier molecular flexibility index (Phi) is 4.99. The molecule has 1 aliphatic rings. The molecular weight excluding hydrogens is 276 g/mol. The molecule has 0 saturated carbocycles. The minimum Gasteiger partial charge on any atom is -0.450 e. The lowest BCUT2D eigenvalue weighted by Gasteiger charge is -2.35. The van der Waals surface area contributed by atoms with Crippen LogP contribution in [0.4, 0.5) is 10.5 Å². The first-order chi connectivity index (χ1) is 10.4. The first-order valence-corrected chi connectivity index (χ1v) is 8.23. The summed E-state index contributed by atoms with van der Waals surface area (Å²) in [5, 5.41) is 6.41.